The second-order valence-electron chi connectivity index (χ2n) is 8.02. The van der Waals surface area contributed by atoms with Crippen molar-refractivity contribution in [3.05, 3.63) is 58.7 Å². The van der Waals surface area contributed by atoms with E-state index in [0.29, 0.717) is 5.56 Å². The van der Waals surface area contributed by atoms with Crippen LogP contribution in [0.1, 0.15) is 35.7 Å². The van der Waals surface area contributed by atoms with Crippen LogP contribution in [-0.2, 0) is 9.53 Å². The van der Waals surface area contributed by atoms with Crippen LogP contribution in [0, 0.1) is 11.8 Å². The highest BCUT2D eigenvalue weighted by Crippen LogP contribution is 2.19. The maximum Gasteiger partial charge on any atom is 0.267 e. The molecular weight excluding hydrogens is 408 g/mol. The highest BCUT2D eigenvalue weighted by molar-refractivity contribution is 5.97. The average molecular weight is 439 g/mol. The molecular formula is C24H30N4O4. The summed E-state index contributed by atoms with van der Waals surface area (Å²) in [5, 5.41) is 11.3. The Morgan fingerprint density at radius 1 is 1.16 bits per heavy atom. The Hall–Kier alpha value is -2.96. The zero-order chi connectivity index (χ0) is 22.9. The molecule has 2 aliphatic rings. The summed E-state index contributed by atoms with van der Waals surface area (Å²) in [5.74, 6) is 5.14. The molecule has 5 N–H and O–H groups in total. The van der Waals surface area contributed by atoms with Crippen molar-refractivity contribution < 1.29 is 19.5 Å². The van der Waals surface area contributed by atoms with Crippen LogP contribution in [0.5, 0.6) is 0 Å². The van der Waals surface area contributed by atoms with E-state index >= 15 is 0 Å². The summed E-state index contributed by atoms with van der Waals surface area (Å²) >= 11 is 0. The van der Waals surface area contributed by atoms with E-state index in [9.17, 15) is 9.59 Å². The molecule has 170 valence electrons. The van der Waals surface area contributed by atoms with Crippen LogP contribution in [0.2, 0.25) is 0 Å². The highest BCUT2D eigenvalue weighted by atomic mass is 16.5. The Kier molecular flexibility index (Phi) is 8.59. The Morgan fingerprint density at radius 2 is 1.88 bits per heavy atom. The summed E-state index contributed by atoms with van der Waals surface area (Å²) in [6, 6.07) is 5.11. The molecule has 1 aromatic rings. The Balaban J connectivity index is 1.57. The third kappa shape index (κ3) is 6.77. The molecule has 0 unspecified atom stereocenters. The largest absolute Gasteiger partial charge is 0.379 e. The lowest BCUT2D eigenvalue weighted by Gasteiger charge is -2.28. The molecule has 32 heavy (non-hydrogen) atoms. The molecule has 8 nitrogen and oxygen atoms in total. The van der Waals surface area contributed by atoms with Gasteiger partial charge in [-0.15, -0.1) is 0 Å². The fraction of sp³-hybridized carbons (Fsp3) is 0.417. The number of ether oxygens (including phenoxy) is 1. The van der Waals surface area contributed by atoms with Crippen LogP contribution in [0.4, 0.5) is 0 Å². The standard InChI is InChI=1S/C24H30N4O4/c1-17(25)22(24(30)27-31)26-23(29)21-10-8-19(9-11-21)3-2-18-4-6-20(7-5-18)16-28-12-14-32-15-13-28/h4,6,8-11,17,22,31H,5,7,12-16,25H2,1H3,(H,26,29)(H,27,30)/t17-,22+/m0/s1. The molecule has 0 spiro atoms. The van der Waals surface area contributed by atoms with Crippen molar-refractivity contribution in [2.24, 2.45) is 5.73 Å². The van der Waals surface area contributed by atoms with Gasteiger partial charge in [-0.1, -0.05) is 29.6 Å². The van der Waals surface area contributed by atoms with Crippen molar-refractivity contribution in [2.75, 3.05) is 32.8 Å². The summed E-state index contributed by atoms with van der Waals surface area (Å²) in [6.45, 7) is 6.16. The number of amides is 2. The van der Waals surface area contributed by atoms with E-state index in [2.05, 4.69) is 34.2 Å². The van der Waals surface area contributed by atoms with Crippen LogP contribution in [0.15, 0.2) is 47.6 Å². The molecule has 8 heteroatoms. The van der Waals surface area contributed by atoms with E-state index < -0.39 is 23.9 Å². The second kappa shape index (κ2) is 11.6. The van der Waals surface area contributed by atoms with Crippen molar-refractivity contribution in [1.82, 2.24) is 15.7 Å². The number of hydrogen-bond acceptors (Lipinski definition) is 6. The van der Waals surface area contributed by atoms with E-state index in [4.69, 9.17) is 15.7 Å². The van der Waals surface area contributed by atoms with Crippen LogP contribution in [-0.4, -0.2) is 66.9 Å². The number of carbonyl (C=O) groups is 2. The molecule has 1 aromatic carbocycles. The van der Waals surface area contributed by atoms with Gasteiger partial charge in [0, 0.05) is 42.4 Å². The van der Waals surface area contributed by atoms with E-state index in [0.717, 1.165) is 56.8 Å². The van der Waals surface area contributed by atoms with Gasteiger partial charge < -0.3 is 15.8 Å². The number of nitrogens with one attached hydrogen (secondary N) is 2. The third-order valence-corrected chi connectivity index (χ3v) is 5.49. The van der Waals surface area contributed by atoms with Gasteiger partial charge in [-0.25, -0.2) is 5.48 Å². The quantitative estimate of drug-likeness (QED) is 0.299. The van der Waals surface area contributed by atoms with Gasteiger partial charge in [-0.2, -0.15) is 0 Å². The van der Waals surface area contributed by atoms with Gasteiger partial charge >= 0.3 is 0 Å². The summed E-state index contributed by atoms with van der Waals surface area (Å²) < 4.78 is 5.40. The number of rotatable bonds is 6. The normalized spacial score (nSPS) is 18.3. The molecule has 1 aliphatic heterocycles. The topological polar surface area (TPSA) is 117 Å². The molecule has 0 bridgehead atoms. The molecule has 1 saturated heterocycles. The van der Waals surface area contributed by atoms with Crippen LogP contribution in [0.3, 0.4) is 0 Å². The number of benzene rings is 1. The number of morpholine rings is 1. The summed E-state index contributed by atoms with van der Waals surface area (Å²) in [5.41, 5.74) is 10.9. The molecule has 3 rings (SSSR count). The maximum atomic E-state index is 12.4. The minimum absolute atomic E-state index is 0.375. The van der Waals surface area contributed by atoms with E-state index in [1.54, 1.807) is 31.2 Å². The van der Waals surface area contributed by atoms with Gasteiger partial charge in [0.05, 0.1) is 13.2 Å². The molecule has 1 aliphatic carbocycles. The van der Waals surface area contributed by atoms with Gasteiger partial charge in [0.2, 0.25) is 0 Å². The summed E-state index contributed by atoms with van der Waals surface area (Å²) in [4.78, 5) is 26.4. The molecule has 1 fully saturated rings. The van der Waals surface area contributed by atoms with Crippen molar-refractivity contribution >= 4 is 11.8 Å². The third-order valence-electron chi connectivity index (χ3n) is 5.49. The number of nitrogens with two attached hydrogens (primary N) is 1. The molecule has 1 heterocycles. The average Bonchev–Trinajstić information content (AvgIpc) is 2.82. The number of carbonyl (C=O) groups excluding carboxylic acids is 2. The minimum atomic E-state index is -1.04. The van der Waals surface area contributed by atoms with Crippen LogP contribution >= 0.6 is 0 Å². The van der Waals surface area contributed by atoms with Crippen LogP contribution in [0.25, 0.3) is 0 Å². The molecule has 0 saturated carbocycles. The van der Waals surface area contributed by atoms with Crippen molar-refractivity contribution in [3.8, 4) is 11.8 Å². The first-order chi connectivity index (χ1) is 15.5. The number of hydroxylamine groups is 1. The molecule has 2 amide bonds. The Bertz CT molecular complexity index is 935. The van der Waals surface area contributed by atoms with Crippen molar-refractivity contribution in [2.45, 2.75) is 31.8 Å². The van der Waals surface area contributed by atoms with Gasteiger partial charge in [0.25, 0.3) is 11.8 Å². The number of allylic oxidation sites excluding steroid dienone is 3. The lowest BCUT2D eigenvalue weighted by Crippen LogP contribution is -2.54. The first kappa shape index (κ1) is 23.7. The van der Waals surface area contributed by atoms with Gasteiger partial charge in [-0.3, -0.25) is 19.7 Å². The zero-order valence-corrected chi connectivity index (χ0v) is 18.3. The number of nitrogens with zero attached hydrogens (tertiary/aromatic N) is 1. The zero-order valence-electron chi connectivity index (χ0n) is 18.3. The van der Waals surface area contributed by atoms with Gasteiger partial charge in [0.1, 0.15) is 6.04 Å². The summed E-state index contributed by atoms with van der Waals surface area (Å²) in [7, 11) is 0. The fourth-order valence-corrected chi connectivity index (χ4v) is 3.55. The number of hydrogen-bond donors (Lipinski definition) is 4. The van der Waals surface area contributed by atoms with Crippen molar-refractivity contribution in [1.29, 1.82) is 0 Å². The van der Waals surface area contributed by atoms with E-state index in [1.807, 2.05) is 0 Å². The lowest BCUT2D eigenvalue weighted by molar-refractivity contribution is -0.131. The highest BCUT2D eigenvalue weighted by Gasteiger charge is 2.24. The van der Waals surface area contributed by atoms with E-state index in [-0.39, 0.29) is 0 Å². The fourth-order valence-electron chi connectivity index (χ4n) is 3.55. The Morgan fingerprint density at radius 3 is 2.47 bits per heavy atom. The van der Waals surface area contributed by atoms with Crippen LogP contribution < -0.4 is 16.5 Å². The monoisotopic (exact) mass is 438 g/mol. The summed E-state index contributed by atoms with van der Waals surface area (Å²) in [6.07, 6.45) is 6.20. The molecule has 2 atom stereocenters. The van der Waals surface area contributed by atoms with Crippen molar-refractivity contribution in [3.63, 3.8) is 0 Å². The minimum Gasteiger partial charge on any atom is -0.379 e. The first-order valence-electron chi connectivity index (χ1n) is 10.8. The Labute approximate surface area is 188 Å². The molecule has 0 radical (unpaired) electrons. The second-order valence-corrected chi connectivity index (χ2v) is 8.02. The predicted octanol–water partition coefficient (Wildman–Crippen LogP) is 0.968. The SMILES string of the molecule is C[C@H](N)[C@@H](NC(=O)c1ccc(C#CC2=CC=C(CN3CCOCC3)CC2)cc1)C(=O)NO. The lowest BCUT2D eigenvalue weighted by atomic mass is 9.98. The smallest absolute Gasteiger partial charge is 0.267 e. The van der Waals surface area contributed by atoms with Gasteiger partial charge in [0.15, 0.2) is 0 Å². The molecule has 0 aromatic heterocycles. The first-order valence-corrected chi connectivity index (χ1v) is 10.8. The maximum absolute atomic E-state index is 12.4. The van der Waals surface area contributed by atoms with E-state index in [1.165, 1.54) is 11.1 Å². The van der Waals surface area contributed by atoms with Gasteiger partial charge in [-0.05, 0) is 44.0 Å². The predicted molar refractivity (Wildman–Crippen MR) is 121 cm³/mol.